The van der Waals surface area contributed by atoms with E-state index in [9.17, 15) is 9.59 Å². The molecule has 2 aromatic carbocycles. The van der Waals surface area contributed by atoms with E-state index in [1.165, 1.54) is 0 Å². The van der Waals surface area contributed by atoms with E-state index in [2.05, 4.69) is 24.2 Å². The second kappa shape index (κ2) is 7.16. The Morgan fingerprint density at radius 1 is 1.11 bits per heavy atom. The number of nitrogens with zero attached hydrogens (tertiary/aromatic N) is 2. The van der Waals surface area contributed by atoms with Crippen LogP contribution in [0, 0.1) is 5.92 Å². The fourth-order valence-electron chi connectivity index (χ4n) is 4.13. The van der Waals surface area contributed by atoms with Crippen molar-refractivity contribution < 1.29 is 9.59 Å². The maximum Gasteiger partial charge on any atom is 0.257 e. The number of piperidine rings is 1. The molecule has 4 rings (SSSR count). The van der Waals surface area contributed by atoms with Gasteiger partial charge in [-0.2, -0.15) is 0 Å². The van der Waals surface area contributed by atoms with Gasteiger partial charge in [-0.15, -0.1) is 0 Å². The monoisotopic (exact) mass is 363 g/mol. The Morgan fingerprint density at radius 2 is 1.81 bits per heavy atom. The fraction of sp³-hybridized carbons (Fsp3) is 0.364. The number of nitrogens with one attached hydrogen (secondary N) is 1. The third-order valence-corrected chi connectivity index (χ3v) is 5.81. The summed E-state index contributed by atoms with van der Waals surface area (Å²) >= 11 is 0. The summed E-state index contributed by atoms with van der Waals surface area (Å²) in [6, 6.07) is 15.3. The zero-order valence-corrected chi connectivity index (χ0v) is 15.8. The number of fused-ring (bicyclic) bond motifs is 2. The molecule has 2 atom stereocenters. The number of benzene rings is 2. The number of rotatable bonds is 2. The summed E-state index contributed by atoms with van der Waals surface area (Å²) in [6.07, 6.45) is 2.55. The Labute approximate surface area is 160 Å². The molecule has 2 amide bonds. The van der Waals surface area contributed by atoms with Crippen molar-refractivity contribution in [1.82, 2.24) is 4.90 Å². The summed E-state index contributed by atoms with van der Waals surface area (Å²) in [6.45, 7) is 3.24. The van der Waals surface area contributed by atoms with Gasteiger partial charge in [0.1, 0.15) is 0 Å². The number of carbonyl (C=O) groups excluding carboxylic acids is 2. The van der Waals surface area contributed by atoms with Crippen molar-refractivity contribution in [1.29, 1.82) is 0 Å². The quantitative estimate of drug-likeness (QED) is 0.876. The molecule has 5 nitrogen and oxygen atoms in total. The van der Waals surface area contributed by atoms with Crippen LogP contribution in [0.1, 0.15) is 36.5 Å². The van der Waals surface area contributed by atoms with Gasteiger partial charge in [-0.25, -0.2) is 0 Å². The Kier molecular flexibility index (Phi) is 4.70. The average Bonchev–Trinajstić information content (AvgIpc) is 2.79. The lowest BCUT2D eigenvalue weighted by Gasteiger charge is -2.35. The highest BCUT2D eigenvalue weighted by molar-refractivity contribution is 6.17. The van der Waals surface area contributed by atoms with E-state index in [0.29, 0.717) is 35.3 Å². The highest BCUT2D eigenvalue weighted by Crippen LogP contribution is 2.39. The highest BCUT2D eigenvalue weighted by Gasteiger charge is 2.32. The van der Waals surface area contributed by atoms with E-state index in [0.717, 1.165) is 25.1 Å². The van der Waals surface area contributed by atoms with Crippen LogP contribution in [0.3, 0.4) is 0 Å². The third-order valence-electron chi connectivity index (χ3n) is 5.81. The number of anilines is 3. The maximum absolute atomic E-state index is 13.4. The van der Waals surface area contributed by atoms with Crippen molar-refractivity contribution in [2.45, 2.75) is 32.2 Å². The molecule has 0 aliphatic carbocycles. The summed E-state index contributed by atoms with van der Waals surface area (Å²) < 4.78 is 0. The predicted octanol–water partition coefficient (Wildman–Crippen LogP) is 4.04. The second-order valence-corrected chi connectivity index (χ2v) is 7.64. The molecule has 2 aliphatic heterocycles. The molecular weight excluding hydrogens is 338 g/mol. The Balaban J connectivity index is 1.70. The first-order chi connectivity index (χ1) is 13.0. The molecule has 2 unspecified atom stereocenters. The summed E-state index contributed by atoms with van der Waals surface area (Å²) in [5.41, 5.74) is 2.59. The standard InChI is InChI=1S/C22H25N3O2/c1-15-13-16(11-12-24(15)2)14-21(26)25-19-9-5-3-7-17(19)22(27)23-18-8-4-6-10-20(18)25/h3-10,15-16H,11-14H2,1-2H3,(H,23,27). The zero-order chi connectivity index (χ0) is 19.0. The van der Waals surface area contributed by atoms with Crippen molar-refractivity contribution in [2.75, 3.05) is 23.8 Å². The van der Waals surface area contributed by atoms with Crippen LogP contribution in [0.15, 0.2) is 48.5 Å². The minimum Gasteiger partial charge on any atom is -0.320 e. The van der Waals surface area contributed by atoms with E-state index in [-0.39, 0.29) is 11.8 Å². The van der Waals surface area contributed by atoms with E-state index in [1.807, 2.05) is 42.5 Å². The molecule has 0 bridgehead atoms. The lowest BCUT2D eigenvalue weighted by Crippen LogP contribution is -2.39. The molecule has 1 fully saturated rings. The van der Waals surface area contributed by atoms with E-state index < -0.39 is 0 Å². The van der Waals surface area contributed by atoms with Crippen LogP contribution < -0.4 is 10.2 Å². The van der Waals surface area contributed by atoms with Gasteiger partial charge in [0.25, 0.3) is 5.91 Å². The normalized spacial score (nSPS) is 22.4. The van der Waals surface area contributed by atoms with Crippen molar-refractivity contribution in [3.63, 3.8) is 0 Å². The van der Waals surface area contributed by atoms with Crippen LogP contribution in [0.25, 0.3) is 0 Å². The molecule has 2 aromatic rings. The van der Waals surface area contributed by atoms with Crippen LogP contribution >= 0.6 is 0 Å². The van der Waals surface area contributed by atoms with Gasteiger partial charge in [-0.05, 0) is 63.5 Å². The van der Waals surface area contributed by atoms with Crippen molar-refractivity contribution in [3.8, 4) is 0 Å². The second-order valence-electron chi connectivity index (χ2n) is 7.64. The van der Waals surface area contributed by atoms with Gasteiger partial charge in [0.05, 0.1) is 22.6 Å². The van der Waals surface area contributed by atoms with Crippen LogP contribution in [0.4, 0.5) is 17.1 Å². The molecule has 0 radical (unpaired) electrons. The molecule has 2 aliphatic rings. The van der Waals surface area contributed by atoms with Crippen LogP contribution in [0.5, 0.6) is 0 Å². The summed E-state index contributed by atoms with van der Waals surface area (Å²) in [7, 11) is 2.14. The van der Waals surface area contributed by atoms with E-state index >= 15 is 0 Å². The largest absolute Gasteiger partial charge is 0.320 e. The SMILES string of the molecule is CC1CC(CC(=O)N2c3ccccc3NC(=O)c3ccccc32)CCN1C. The summed E-state index contributed by atoms with van der Waals surface area (Å²) in [5.74, 6) is 0.240. The van der Waals surface area contributed by atoms with Crippen LogP contribution in [-0.4, -0.2) is 36.3 Å². The molecular formula is C22H25N3O2. The Hall–Kier alpha value is -2.66. The molecule has 0 spiro atoms. The number of para-hydroxylation sites is 3. The fourth-order valence-corrected chi connectivity index (χ4v) is 4.13. The number of likely N-dealkylation sites (tertiary alicyclic amines) is 1. The maximum atomic E-state index is 13.4. The van der Waals surface area contributed by atoms with Gasteiger partial charge in [0, 0.05) is 12.5 Å². The molecule has 0 saturated carbocycles. The minimum absolute atomic E-state index is 0.0492. The molecule has 2 heterocycles. The summed E-state index contributed by atoms with van der Waals surface area (Å²) in [4.78, 5) is 30.1. The number of amides is 2. The minimum atomic E-state index is -0.179. The van der Waals surface area contributed by atoms with Crippen LogP contribution in [0.2, 0.25) is 0 Å². The van der Waals surface area contributed by atoms with Gasteiger partial charge >= 0.3 is 0 Å². The Bertz CT molecular complexity index is 879. The van der Waals surface area contributed by atoms with E-state index in [4.69, 9.17) is 0 Å². The predicted molar refractivity (Wildman–Crippen MR) is 107 cm³/mol. The smallest absolute Gasteiger partial charge is 0.257 e. The highest BCUT2D eigenvalue weighted by atomic mass is 16.2. The molecule has 5 heteroatoms. The number of hydrogen-bond acceptors (Lipinski definition) is 3. The van der Waals surface area contributed by atoms with Gasteiger partial charge < -0.3 is 10.2 Å². The average molecular weight is 363 g/mol. The lowest BCUT2D eigenvalue weighted by atomic mass is 9.89. The molecule has 0 aromatic heterocycles. The van der Waals surface area contributed by atoms with E-state index in [1.54, 1.807) is 11.0 Å². The van der Waals surface area contributed by atoms with Crippen molar-refractivity contribution in [3.05, 3.63) is 54.1 Å². The van der Waals surface area contributed by atoms with Crippen molar-refractivity contribution in [2.24, 2.45) is 5.92 Å². The number of hydrogen-bond donors (Lipinski definition) is 1. The van der Waals surface area contributed by atoms with Gasteiger partial charge in [-0.1, -0.05) is 24.3 Å². The van der Waals surface area contributed by atoms with Gasteiger partial charge in [-0.3, -0.25) is 14.5 Å². The third kappa shape index (κ3) is 3.35. The van der Waals surface area contributed by atoms with Crippen LogP contribution in [-0.2, 0) is 4.79 Å². The summed E-state index contributed by atoms with van der Waals surface area (Å²) in [5, 5.41) is 2.94. The molecule has 140 valence electrons. The zero-order valence-electron chi connectivity index (χ0n) is 15.8. The van der Waals surface area contributed by atoms with Gasteiger partial charge in [0.2, 0.25) is 5.91 Å². The first-order valence-corrected chi connectivity index (χ1v) is 9.57. The van der Waals surface area contributed by atoms with Gasteiger partial charge in [0.15, 0.2) is 0 Å². The first-order valence-electron chi connectivity index (χ1n) is 9.57. The molecule has 27 heavy (non-hydrogen) atoms. The molecule has 1 saturated heterocycles. The van der Waals surface area contributed by atoms with Crippen molar-refractivity contribution >= 4 is 28.9 Å². The Morgan fingerprint density at radius 3 is 2.59 bits per heavy atom. The topological polar surface area (TPSA) is 52.7 Å². The molecule has 1 N–H and O–H groups in total. The first kappa shape index (κ1) is 17.7. The lowest BCUT2D eigenvalue weighted by molar-refractivity contribution is -0.119. The number of carbonyl (C=O) groups is 2.